The molecular weight excluding hydrogens is 520 g/mol. The molecule has 6 atom stereocenters. The molecule has 220 valence electrons. The van der Waals surface area contributed by atoms with E-state index in [4.69, 9.17) is 4.74 Å². The number of carbonyl (C=O) groups excluding carboxylic acids is 3. The summed E-state index contributed by atoms with van der Waals surface area (Å²) in [7, 11) is 0. The Morgan fingerprint density at radius 3 is 2.48 bits per heavy atom. The fourth-order valence-electron chi connectivity index (χ4n) is 7.20. The molecule has 0 radical (unpaired) electrons. The van der Waals surface area contributed by atoms with Crippen molar-refractivity contribution in [2.24, 2.45) is 22.7 Å². The maximum absolute atomic E-state index is 13.3. The van der Waals surface area contributed by atoms with Crippen LogP contribution in [-0.2, 0) is 30.3 Å². The van der Waals surface area contributed by atoms with E-state index >= 15 is 0 Å². The van der Waals surface area contributed by atoms with Crippen LogP contribution in [0.3, 0.4) is 0 Å². The number of amides is 2. The van der Waals surface area contributed by atoms with Gasteiger partial charge in [-0.05, 0) is 72.5 Å². The largest absolute Gasteiger partial charge is 0.504 e. The first kappa shape index (κ1) is 29.6. The minimum atomic E-state index is -1.65. The number of aliphatic hydroxyl groups excluding tert-OH is 1. The first-order valence-corrected chi connectivity index (χ1v) is 13.9. The number of aliphatic hydroxyl groups is 1. The van der Waals surface area contributed by atoms with Gasteiger partial charge in [-0.3, -0.25) is 14.4 Å². The fourth-order valence-corrected chi connectivity index (χ4v) is 7.20. The summed E-state index contributed by atoms with van der Waals surface area (Å²) in [5.74, 6) is -3.22. The third-order valence-corrected chi connectivity index (χ3v) is 9.66. The summed E-state index contributed by atoms with van der Waals surface area (Å²) in [6.07, 6.45) is 1.35. The van der Waals surface area contributed by atoms with Gasteiger partial charge >= 0.3 is 11.9 Å². The zero-order valence-electron chi connectivity index (χ0n) is 23.3. The number of carboxylic acid groups (broad SMARTS) is 1. The van der Waals surface area contributed by atoms with Crippen molar-refractivity contribution in [2.75, 3.05) is 13.2 Å². The van der Waals surface area contributed by atoms with Crippen molar-refractivity contribution in [3.63, 3.8) is 0 Å². The van der Waals surface area contributed by atoms with Crippen molar-refractivity contribution in [1.29, 1.82) is 0 Å². The van der Waals surface area contributed by atoms with E-state index in [1.807, 2.05) is 0 Å². The van der Waals surface area contributed by atoms with Gasteiger partial charge in [0.2, 0.25) is 11.8 Å². The molecule has 0 bridgehead atoms. The number of phenolic OH excluding ortho intramolecular Hbond substituents is 2. The molecule has 3 aliphatic rings. The highest BCUT2D eigenvalue weighted by atomic mass is 16.5. The molecule has 1 aliphatic heterocycles. The molecule has 40 heavy (non-hydrogen) atoms. The molecule has 11 nitrogen and oxygen atoms in total. The summed E-state index contributed by atoms with van der Waals surface area (Å²) < 4.78 is 5.59. The van der Waals surface area contributed by atoms with E-state index in [0.29, 0.717) is 41.1 Å². The molecule has 1 saturated heterocycles. The van der Waals surface area contributed by atoms with Gasteiger partial charge in [0.1, 0.15) is 18.2 Å². The second-order valence-electron chi connectivity index (χ2n) is 12.3. The average Bonchev–Trinajstić information content (AvgIpc) is 3.30. The number of rotatable bonds is 11. The maximum atomic E-state index is 13.3. The molecule has 2 amide bonds. The number of aliphatic carboxylic acids is 1. The SMILES string of the molecule is CC1(C)C2C(CCOC(=O)C3CCCN3C(=O)C(CC(=O)O)NC(=O)C(O)Cc3ccc(O)c(O)c3)CCC21C. The van der Waals surface area contributed by atoms with Crippen molar-refractivity contribution in [2.45, 2.75) is 83.9 Å². The summed E-state index contributed by atoms with van der Waals surface area (Å²) in [4.78, 5) is 51.7. The Hall–Kier alpha value is -3.34. The highest BCUT2D eigenvalue weighted by Crippen LogP contribution is 2.78. The van der Waals surface area contributed by atoms with Gasteiger partial charge in [0, 0.05) is 13.0 Å². The van der Waals surface area contributed by atoms with Crippen LogP contribution in [-0.4, -0.2) is 80.4 Å². The van der Waals surface area contributed by atoms with Crippen LogP contribution >= 0.6 is 0 Å². The minimum absolute atomic E-state index is 0.219. The van der Waals surface area contributed by atoms with Gasteiger partial charge in [-0.15, -0.1) is 0 Å². The van der Waals surface area contributed by atoms with Crippen LogP contribution in [0.2, 0.25) is 0 Å². The van der Waals surface area contributed by atoms with E-state index in [1.54, 1.807) is 0 Å². The predicted octanol–water partition coefficient (Wildman–Crippen LogP) is 1.96. The normalized spacial score (nSPS) is 27.9. The van der Waals surface area contributed by atoms with Gasteiger partial charge in [-0.25, -0.2) is 4.79 Å². The number of ether oxygens (including phenoxy) is 1. The molecule has 6 unspecified atom stereocenters. The number of nitrogens with zero attached hydrogens (tertiary/aromatic N) is 1. The van der Waals surface area contributed by atoms with Gasteiger partial charge in [0.15, 0.2) is 11.5 Å². The molecule has 5 N–H and O–H groups in total. The number of esters is 1. The van der Waals surface area contributed by atoms with Gasteiger partial charge in [-0.2, -0.15) is 0 Å². The third-order valence-electron chi connectivity index (χ3n) is 9.66. The number of hydrogen-bond donors (Lipinski definition) is 5. The van der Waals surface area contributed by atoms with E-state index in [1.165, 1.54) is 29.5 Å². The highest BCUT2D eigenvalue weighted by Gasteiger charge is 2.72. The molecule has 2 saturated carbocycles. The van der Waals surface area contributed by atoms with Crippen molar-refractivity contribution in [1.82, 2.24) is 10.2 Å². The van der Waals surface area contributed by atoms with Gasteiger partial charge in [-0.1, -0.05) is 26.8 Å². The van der Waals surface area contributed by atoms with E-state index < -0.39 is 54.1 Å². The summed E-state index contributed by atoms with van der Waals surface area (Å²) in [5.41, 5.74) is 1.01. The third kappa shape index (κ3) is 5.75. The van der Waals surface area contributed by atoms with Crippen molar-refractivity contribution >= 4 is 23.8 Å². The van der Waals surface area contributed by atoms with E-state index in [2.05, 4.69) is 26.1 Å². The minimum Gasteiger partial charge on any atom is -0.504 e. The number of phenols is 2. The quantitative estimate of drug-likeness (QED) is 0.200. The number of fused-ring (bicyclic) bond motifs is 1. The van der Waals surface area contributed by atoms with E-state index in [-0.39, 0.29) is 25.3 Å². The first-order valence-electron chi connectivity index (χ1n) is 13.9. The summed E-state index contributed by atoms with van der Waals surface area (Å²) in [5, 5.41) is 41.1. The van der Waals surface area contributed by atoms with E-state index in [0.717, 1.165) is 12.8 Å². The number of aromatic hydroxyl groups is 2. The van der Waals surface area contributed by atoms with Crippen molar-refractivity contribution in [3.05, 3.63) is 23.8 Å². The molecule has 1 aromatic rings. The maximum Gasteiger partial charge on any atom is 0.328 e. The Bertz CT molecular complexity index is 1170. The molecule has 4 rings (SSSR count). The molecular formula is C29H40N2O9. The highest BCUT2D eigenvalue weighted by molar-refractivity contribution is 5.94. The second-order valence-corrected chi connectivity index (χ2v) is 12.3. The zero-order chi connectivity index (χ0) is 29.4. The van der Waals surface area contributed by atoms with Gasteiger partial charge in [0.05, 0.1) is 13.0 Å². The summed E-state index contributed by atoms with van der Waals surface area (Å²) in [6.45, 7) is 7.40. The molecule has 0 spiro atoms. The van der Waals surface area contributed by atoms with Crippen molar-refractivity contribution < 1.29 is 44.3 Å². The smallest absolute Gasteiger partial charge is 0.328 e. The number of carboxylic acids is 1. The first-order chi connectivity index (χ1) is 18.8. The predicted molar refractivity (Wildman–Crippen MR) is 142 cm³/mol. The monoisotopic (exact) mass is 560 g/mol. The van der Waals surface area contributed by atoms with Crippen molar-refractivity contribution in [3.8, 4) is 11.5 Å². The van der Waals surface area contributed by atoms with Crippen LogP contribution in [0, 0.1) is 22.7 Å². The lowest BCUT2D eigenvalue weighted by atomic mass is 9.88. The van der Waals surface area contributed by atoms with Gasteiger partial charge in [0.25, 0.3) is 0 Å². The lowest BCUT2D eigenvalue weighted by Gasteiger charge is -2.28. The average molecular weight is 561 g/mol. The molecule has 1 heterocycles. The van der Waals surface area contributed by atoms with Crippen LogP contribution < -0.4 is 5.32 Å². The van der Waals surface area contributed by atoms with Crippen LogP contribution in [0.15, 0.2) is 18.2 Å². The number of hydrogen-bond acceptors (Lipinski definition) is 8. The molecule has 0 aromatic heterocycles. The molecule has 3 fully saturated rings. The number of nitrogens with one attached hydrogen (secondary N) is 1. The number of carbonyl (C=O) groups is 4. The van der Waals surface area contributed by atoms with E-state index in [9.17, 15) is 39.6 Å². The molecule has 1 aromatic carbocycles. The fraction of sp³-hybridized carbons (Fsp3) is 0.655. The summed E-state index contributed by atoms with van der Waals surface area (Å²) >= 11 is 0. The van der Waals surface area contributed by atoms with Crippen LogP contribution in [0.25, 0.3) is 0 Å². The number of likely N-dealkylation sites (tertiary alicyclic amines) is 1. The Morgan fingerprint density at radius 2 is 1.85 bits per heavy atom. The molecule has 11 heteroatoms. The Balaban J connectivity index is 1.33. The molecule has 2 aliphatic carbocycles. The van der Waals surface area contributed by atoms with Crippen LogP contribution in [0.1, 0.15) is 64.9 Å². The topological polar surface area (TPSA) is 174 Å². The number of benzene rings is 1. The Morgan fingerprint density at radius 1 is 1.12 bits per heavy atom. The lowest BCUT2D eigenvalue weighted by Crippen LogP contribution is -2.54. The van der Waals surface area contributed by atoms with Gasteiger partial charge < -0.3 is 35.4 Å². The Labute approximate surface area is 233 Å². The summed E-state index contributed by atoms with van der Waals surface area (Å²) in [6, 6.07) is 1.44. The van der Waals surface area contributed by atoms with Crippen LogP contribution in [0.5, 0.6) is 11.5 Å². The van der Waals surface area contributed by atoms with Crippen LogP contribution in [0.4, 0.5) is 0 Å². The Kier molecular flexibility index (Phi) is 8.35. The lowest BCUT2D eigenvalue weighted by molar-refractivity contribution is -0.155. The standard InChI is InChI=1S/C29H40N2O9/c1-28(2)24-17(8-10-29(24,28)3)9-12-40-27(39)19-5-4-11-31(19)26(38)18(15-23(35)36)30-25(37)22(34)14-16-6-7-20(32)21(33)13-16/h6-7,13,17-19,22,24,32-34H,4-5,8-12,14-15H2,1-3H3,(H,30,37)(H,35,36). The second kappa shape index (κ2) is 11.3. The zero-order valence-corrected chi connectivity index (χ0v) is 23.3.